The molecule has 0 fully saturated rings. The van der Waals surface area contributed by atoms with Crippen LogP contribution in [0, 0.1) is 0 Å². The summed E-state index contributed by atoms with van der Waals surface area (Å²) in [5, 5.41) is 5.56. The first-order valence-electron chi connectivity index (χ1n) is 1.86. The van der Waals surface area contributed by atoms with E-state index in [9.17, 15) is 4.79 Å². The Labute approximate surface area is 53.1 Å². The van der Waals surface area contributed by atoms with E-state index < -0.39 is 5.69 Å². The zero-order chi connectivity index (χ0) is 5.98. The van der Waals surface area contributed by atoms with Gasteiger partial charge in [-0.15, -0.1) is 0 Å². The lowest BCUT2D eigenvalue weighted by atomic mass is 10.9. The fourth-order valence-corrected chi connectivity index (χ4v) is 0.555. The van der Waals surface area contributed by atoms with E-state index in [-0.39, 0.29) is 0 Å². The van der Waals surface area contributed by atoms with Gasteiger partial charge in [-0.2, -0.15) is 10.1 Å². The highest BCUT2D eigenvalue weighted by Gasteiger charge is 1.84. The molecule has 8 heavy (non-hydrogen) atoms. The molecule has 1 N–H and O–H groups in total. The Hall–Kier alpha value is -0.710. The zero-order valence-corrected chi connectivity index (χ0v) is 5.34. The Kier molecular flexibility index (Phi) is 1.38. The largest absolute Gasteiger partial charge is 0.362 e. The van der Waals surface area contributed by atoms with E-state index in [4.69, 9.17) is 0 Å². The molecular weight excluding hydrogens is 174 g/mol. The summed E-state index contributed by atoms with van der Waals surface area (Å²) >= 11 is 2.97. The smallest absolute Gasteiger partial charge is 0.244 e. The molecular formula is C3H2BrN3O. The van der Waals surface area contributed by atoms with Crippen molar-refractivity contribution in [3.05, 3.63) is 21.3 Å². The first-order chi connectivity index (χ1) is 3.79. The molecule has 0 aliphatic carbocycles. The molecule has 0 aliphatic rings. The maximum atomic E-state index is 10.2. The van der Waals surface area contributed by atoms with E-state index in [2.05, 4.69) is 31.1 Å². The number of hydrogen-bond donors (Lipinski definition) is 1. The second-order valence-electron chi connectivity index (χ2n) is 1.11. The normalized spacial score (nSPS) is 9.12. The van der Waals surface area contributed by atoms with Crippen LogP contribution in [-0.4, -0.2) is 15.2 Å². The molecule has 4 nitrogen and oxygen atoms in total. The molecule has 0 amide bonds. The van der Waals surface area contributed by atoms with Gasteiger partial charge in [0.05, 0.1) is 6.20 Å². The van der Waals surface area contributed by atoms with Gasteiger partial charge in [0.1, 0.15) is 4.60 Å². The van der Waals surface area contributed by atoms with Gasteiger partial charge >= 0.3 is 5.69 Å². The molecule has 42 valence electrons. The molecule has 0 unspecified atom stereocenters. The lowest BCUT2D eigenvalue weighted by Gasteiger charge is -1.80. The Balaban J connectivity index is 3.28. The van der Waals surface area contributed by atoms with Crippen LogP contribution in [0.25, 0.3) is 0 Å². The van der Waals surface area contributed by atoms with Crippen LogP contribution in [0.5, 0.6) is 0 Å². The monoisotopic (exact) mass is 175 g/mol. The van der Waals surface area contributed by atoms with Crippen molar-refractivity contribution in [2.24, 2.45) is 0 Å². The Morgan fingerprint density at radius 1 is 1.75 bits per heavy atom. The lowest BCUT2D eigenvalue weighted by Crippen LogP contribution is -2.10. The predicted octanol–water partition coefficient (Wildman–Crippen LogP) is -0.0726. The first-order valence-corrected chi connectivity index (χ1v) is 2.65. The third-order valence-electron chi connectivity index (χ3n) is 0.540. The summed E-state index contributed by atoms with van der Waals surface area (Å²) in [5.74, 6) is 0. The van der Waals surface area contributed by atoms with Crippen molar-refractivity contribution < 1.29 is 0 Å². The van der Waals surface area contributed by atoms with Crippen molar-refractivity contribution in [3.8, 4) is 0 Å². The first kappa shape index (κ1) is 5.43. The second-order valence-corrected chi connectivity index (χ2v) is 1.92. The van der Waals surface area contributed by atoms with Gasteiger partial charge in [0.15, 0.2) is 0 Å². The third-order valence-corrected chi connectivity index (χ3v) is 0.922. The summed E-state index contributed by atoms with van der Waals surface area (Å²) in [6.45, 7) is 0. The highest BCUT2D eigenvalue weighted by Crippen LogP contribution is 1.94. The fraction of sp³-hybridized carbons (Fsp3) is 0. The van der Waals surface area contributed by atoms with E-state index >= 15 is 0 Å². The molecule has 0 radical (unpaired) electrons. The summed E-state index contributed by atoms with van der Waals surface area (Å²) in [6, 6.07) is 0. The molecule has 0 saturated carbocycles. The van der Waals surface area contributed by atoms with Gasteiger partial charge in [0, 0.05) is 0 Å². The Morgan fingerprint density at radius 3 is 2.88 bits per heavy atom. The van der Waals surface area contributed by atoms with Gasteiger partial charge < -0.3 is 0 Å². The number of hydrogen-bond acceptors (Lipinski definition) is 3. The molecule has 0 aliphatic heterocycles. The van der Waals surface area contributed by atoms with Crippen LogP contribution in [-0.2, 0) is 0 Å². The van der Waals surface area contributed by atoms with Crippen LogP contribution in [0.2, 0.25) is 0 Å². The number of nitrogens with one attached hydrogen (secondary N) is 1. The standard InChI is InChI=1S/C3H2BrN3O/c4-2-1-5-7-3(8)6-2/h1H,(H,6,7,8). The quantitative estimate of drug-likeness (QED) is 0.601. The summed E-state index contributed by atoms with van der Waals surface area (Å²) in [6.07, 6.45) is 1.40. The van der Waals surface area contributed by atoms with Gasteiger partial charge in [-0.05, 0) is 15.9 Å². The number of rotatable bonds is 0. The van der Waals surface area contributed by atoms with Crippen LogP contribution in [0.4, 0.5) is 0 Å². The van der Waals surface area contributed by atoms with Gasteiger partial charge in [-0.25, -0.2) is 9.89 Å². The average Bonchev–Trinajstić information content (AvgIpc) is 1.64. The van der Waals surface area contributed by atoms with Crippen molar-refractivity contribution in [3.63, 3.8) is 0 Å². The maximum absolute atomic E-state index is 10.2. The molecule has 0 spiro atoms. The van der Waals surface area contributed by atoms with Gasteiger partial charge in [0.2, 0.25) is 0 Å². The van der Waals surface area contributed by atoms with Gasteiger partial charge in [-0.3, -0.25) is 0 Å². The van der Waals surface area contributed by atoms with Crippen LogP contribution in [0.1, 0.15) is 0 Å². The van der Waals surface area contributed by atoms with Gasteiger partial charge in [-0.1, -0.05) is 0 Å². The molecule has 1 heterocycles. The number of H-pyrrole nitrogens is 1. The molecule has 1 aromatic heterocycles. The predicted molar refractivity (Wildman–Crippen MR) is 30.4 cm³/mol. The van der Waals surface area contributed by atoms with Crippen LogP contribution in [0.15, 0.2) is 15.6 Å². The highest BCUT2D eigenvalue weighted by atomic mass is 79.9. The average molecular weight is 176 g/mol. The minimum atomic E-state index is -0.445. The number of halogens is 1. The minimum absolute atomic E-state index is 0.445. The summed E-state index contributed by atoms with van der Waals surface area (Å²) in [5.41, 5.74) is -0.445. The topological polar surface area (TPSA) is 58.6 Å². The molecule has 0 bridgehead atoms. The lowest BCUT2D eigenvalue weighted by molar-refractivity contribution is 0.899. The number of nitrogens with zero attached hydrogens (tertiary/aromatic N) is 2. The Bertz CT molecular complexity index is 232. The van der Waals surface area contributed by atoms with Crippen molar-refractivity contribution >= 4 is 15.9 Å². The van der Waals surface area contributed by atoms with E-state index in [1.54, 1.807) is 0 Å². The summed E-state index contributed by atoms with van der Waals surface area (Å²) < 4.78 is 0.446. The van der Waals surface area contributed by atoms with Crippen LogP contribution in [0.3, 0.4) is 0 Å². The third kappa shape index (κ3) is 1.13. The van der Waals surface area contributed by atoms with Crippen LogP contribution < -0.4 is 5.69 Å². The van der Waals surface area contributed by atoms with Crippen molar-refractivity contribution in [1.82, 2.24) is 15.2 Å². The second kappa shape index (κ2) is 2.04. The maximum Gasteiger partial charge on any atom is 0.362 e. The molecule has 0 saturated heterocycles. The Morgan fingerprint density at radius 2 is 2.50 bits per heavy atom. The molecule has 0 aromatic carbocycles. The number of aromatic nitrogens is 3. The summed E-state index contributed by atoms with van der Waals surface area (Å²) in [4.78, 5) is 13.6. The van der Waals surface area contributed by atoms with E-state index in [0.717, 1.165) is 0 Å². The molecule has 5 heteroatoms. The van der Waals surface area contributed by atoms with Crippen LogP contribution >= 0.6 is 15.9 Å². The fourth-order valence-electron chi connectivity index (χ4n) is 0.292. The van der Waals surface area contributed by atoms with E-state index in [1.807, 2.05) is 0 Å². The van der Waals surface area contributed by atoms with Crippen molar-refractivity contribution in [1.29, 1.82) is 0 Å². The zero-order valence-electron chi connectivity index (χ0n) is 3.76. The number of aromatic amines is 1. The molecule has 1 aromatic rings. The molecule has 0 atom stereocenters. The van der Waals surface area contributed by atoms with Gasteiger partial charge in [0.25, 0.3) is 0 Å². The SMILES string of the molecule is O=c1nc(Br)cn[nH]1. The highest BCUT2D eigenvalue weighted by molar-refractivity contribution is 9.10. The van der Waals surface area contributed by atoms with Crippen molar-refractivity contribution in [2.75, 3.05) is 0 Å². The minimum Gasteiger partial charge on any atom is -0.244 e. The summed E-state index contributed by atoms with van der Waals surface area (Å²) in [7, 11) is 0. The van der Waals surface area contributed by atoms with E-state index in [1.165, 1.54) is 6.20 Å². The van der Waals surface area contributed by atoms with E-state index in [0.29, 0.717) is 4.60 Å². The van der Waals surface area contributed by atoms with Crippen molar-refractivity contribution in [2.45, 2.75) is 0 Å². The molecule has 1 rings (SSSR count).